The highest BCUT2D eigenvalue weighted by atomic mass is 32.2. The van der Waals surface area contributed by atoms with Gasteiger partial charge in [-0.25, -0.2) is 23.4 Å². The smallest absolute Gasteiger partial charge is 0.207 e. The molecule has 0 aliphatic heterocycles. The summed E-state index contributed by atoms with van der Waals surface area (Å²) in [6, 6.07) is 2.82. The second kappa shape index (κ2) is 4.76. The van der Waals surface area contributed by atoms with Crippen LogP contribution in [0.3, 0.4) is 0 Å². The molecule has 0 saturated carbocycles. The number of aromatic nitrogens is 3. The third-order valence-corrected chi connectivity index (χ3v) is 3.35. The summed E-state index contributed by atoms with van der Waals surface area (Å²) in [5.74, 6) is -1.47. The Kier molecular flexibility index (Phi) is 3.30. The summed E-state index contributed by atoms with van der Waals surface area (Å²) in [4.78, 5) is 10.9. The van der Waals surface area contributed by atoms with Crippen molar-refractivity contribution in [1.29, 1.82) is 0 Å². The van der Waals surface area contributed by atoms with Gasteiger partial charge in [0.25, 0.3) is 0 Å². The number of pyridine rings is 1. The van der Waals surface area contributed by atoms with Crippen molar-refractivity contribution in [2.24, 2.45) is 0 Å². The highest BCUT2D eigenvalue weighted by Gasteiger charge is 2.16. The van der Waals surface area contributed by atoms with Crippen molar-refractivity contribution >= 4 is 27.3 Å². The molecule has 0 bridgehead atoms. The maximum Gasteiger partial charge on any atom is 0.207 e. The predicted octanol–water partition coefficient (Wildman–Crippen LogP) is 0.740. The molecule has 7 nitrogen and oxygen atoms in total. The summed E-state index contributed by atoms with van der Waals surface area (Å²) in [6.07, 6.45) is 3.46. The van der Waals surface area contributed by atoms with Gasteiger partial charge in [0.05, 0.1) is 0 Å². The normalized spacial score (nSPS) is 11.3. The van der Waals surface area contributed by atoms with Gasteiger partial charge in [-0.3, -0.25) is 0 Å². The Morgan fingerprint density at radius 2 is 2.00 bits per heavy atom. The molecule has 0 unspecified atom stereocenters. The third kappa shape index (κ3) is 2.76. The lowest BCUT2D eigenvalue weighted by molar-refractivity contribution is 0.601. The SMILES string of the molecule is CS(=O)(=O)c1cccnc1Nc1ncnc(N)c1F. The van der Waals surface area contributed by atoms with E-state index in [0.29, 0.717) is 0 Å². The van der Waals surface area contributed by atoms with Gasteiger partial charge in [0.1, 0.15) is 17.0 Å². The number of nitrogens with two attached hydrogens (primary N) is 1. The molecule has 2 rings (SSSR count). The Hall–Kier alpha value is -2.29. The zero-order chi connectivity index (χ0) is 14.0. The van der Waals surface area contributed by atoms with Crippen LogP contribution < -0.4 is 11.1 Å². The number of hydrogen-bond acceptors (Lipinski definition) is 7. The average Bonchev–Trinajstić information content (AvgIpc) is 2.34. The lowest BCUT2D eigenvalue weighted by Crippen LogP contribution is -2.08. The van der Waals surface area contributed by atoms with Crippen LogP contribution >= 0.6 is 0 Å². The standard InChI is InChI=1S/C10H10FN5O2S/c1-19(17,18)6-3-2-4-13-9(6)16-10-7(11)8(12)14-5-15-10/h2-5H,1H3,(H3,12,13,14,15,16). The van der Waals surface area contributed by atoms with Gasteiger partial charge in [0.15, 0.2) is 21.5 Å². The van der Waals surface area contributed by atoms with Crippen LogP contribution in [0.4, 0.5) is 21.8 Å². The van der Waals surface area contributed by atoms with E-state index in [2.05, 4.69) is 20.3 Å². The van der Waals surface area contributed by atoms with Crippen LogP contribution in [0.1, 0.15) is 0 Å². The molecule has 100 valence electrons. The summed E-state index contributed by atoms with van der Waals surface area (Å²) in [5, 5.41) is 2.49. The zero-order valence-corrected chi connectivity index (χ0v) is 10.6. The molecule has 0 aliphatic carbocycles. The van der Waals surface area contributed by atoms with Crippen molar-refractivity contribution in [2.75, 3.05) is 17.3 Å². The maximum atomic E-state index is 13.6. The fourth-order valence-electron chi connectivity index (χ4n) is 1.37. The number of nitrogens with one attached hydrogen (secondary N) is 1. The van der Waals surface area contributed by atoms with Gasteiger partial charge < -0.3 is 11.1 Å². The van der Waals surface area contributed by atoms with Crippen molar-refractivity contribution in [3.63, 3.8) is 0 Å². The largest absolute Gasteiger partial charge is 0.381 e. The highest BCUT2D eigenvalue weighted by molar-refractivity contribution is 7.90. The summed E-state index contributed by atoms with van der Waals surface area (Å²) in [6.45, 7) is 0. The van der Waals surface area contributed by atoms with E-state index in [9.17, 15) is 12.8 Å². The van der Waals surface area contributed by atoms with Crippen LogP contribution in [0.15, 0.2) is 29.6 Å². The molecule has 0 atom stereocenters. The van der Waals surface area contributed by atoms with Gasteiger partial charge in [0.2, 0.25) is 5.82 Å². The van der Waals surface area contributed by atoms with E-state index >= 15 is 0 Å². The van der Waals surface area contributed by atoms with Crippen LogP contribution in [-0.4, -0.2) is 29.6 Å². The molecular weight excluding hydrogens is 273 g/mol. The summed E-state index contributed by atoms with van der Waals surface area (Å²) < 4.78 is 36.8. The Morgan fingerprint density at radius 1 is 1.26 bits per heavy atom. The molecule has 19 heavy (non-hydrogen) atoms. The van der Waals surface area contributed by atoms with Gasteiger partial charge in [0, 0.05) is 12.5 Å². The zero-order valence-electron chi connectivity index (χ0n) is 9.83. The first-order valence-corrected chi connectivity index (χ1v) is 6.97. The molecule has 3 N–H and O–H groups in total. The van der Waals surface area contributed by atoms with E-state index in [1.165, 1.54) is 18.3 Å². The lowest BCUT2D eigenvalue weighted by Gasteiger charge is -2.09. The first kappa shape index (κ1) is 13.1. The molecule has 0 fully saturated rings. The quantitative estimate of drug-likeness (QED) is 0.854. The van der Waals surface area contributed by atoms with E-state index in [4.69, 9.17) is 5.73 Å². The first-order chi connectivity index (χ1) is 8.89. The predicted molar refractivity (Wildman–Crippen MR) is 67.0 cm³/mol. The number of halogens is 1. The molecule has 0 amide bonds. The number of anilines is 3. The minimum absolute atomic E-state index is 0.0259. The lowest BCUT2D eigenvalue weighted by atomic mass is 10.4. The first-order valence-electron chi connectivity index (χ1n) is 5.07. The molecule has 0 radical (unpaired) electrons. The van der Waals surface area contributed by atoms with Gasteiger partial charge in [-0.2, -0.15) is 4.39 Å². The van der Waals surface area contributed by atoms with Gasteiger partial charge >= 0.3 is 0 Å². The van der Waals surface area contributed by atoms with Crippen LogP contribution in [0.5, 0.6) is 0 Å². The molecule has 2 aromatic rings. The van der Waals surface area contributed by atoms with Gasteiger partial charge in [-0.05, 0) is 12.1 Å². The van der Waals surface area contributed by atoms with Crippen molar-refractivity contribution in [2.45, 2.75) is 4.90 Å². The van der Waals surface area contributed by atoms with Crippen molar-refractivity contribution < 1.29 is 12.8 Å². The summed E-state index contributed by atoms with van der Waals surface area (Å²) in [5.41, 5.74) is 5.29. The number of rotatable bonds is 3. The maximum absolute atomic E-state index is 13.6. The topological polar surface area (TPSA) is 111 Å². The second-order valence-corrected chi connectivity index (χ2v) is 5.65. The molecule has 0 aromatic carbocycles. The van der Waals surface area contributed by atoms with E-state index in [0.717, 1.165) is 12.6 Å². The van der Waals surface area contributed by atoms with Gasteiger partial charge in [-0.1, -0.05) is 0 Å². The monoisotopic (exact) mass is 283 g/mol. The number of nitrogens with zero attached hydrogens (tertiary/aromatic N) is 3. The fourth-order valence-corrected chi connectivity index (χ4v) is 2.15. The molecule has 2 heterocycles. The molecule has 2 aromatic heterocycles. The van der Waals surface area contributed by atoms with Crippen molar-refractivity contribution in [3.05, 3.63) is 30.5 Å². The second-order valence-electron chi connectivity index (χ2n) is 3.67. The van der Waals surface area contributed by atoms with E-state index < -0.39 is 15.7 Å². The Balaban J connectivity index is 2.48. The molecule has 0 aliphatic rings. The average molecular weight is 283 g/mol. The Morgan fingerprint density at radius 3 is 2.68 bits per heavy atom. The molecule has 0 saturated heterocycles. The number of sulfone groups is 1. The van der Waals surface area contributed by atoms with E-state index in [1.807, 2.05) is 0 Å². The molecular formula is C10H10FN5O2S. The molecule has 9 heteroatoms. The minimum atomic E-state index is -3.50. The summed E-state index contributed by atoms with van der Waals surface area (Å²) in [7, 11) is -3.50. The van der Waals surface area contributed by atoms with Gasteiger partial charge in [-0.15, -0.1) is 0 Å². The van der Waals surface area contributed by atoms with Crippen molar-refractivity contribution in [3.8, 4) is 0 Å². The van der Waals surface area contributed by atoms with E-state index in [1.54, 1.807) is 0 Å². The van der Waals surface area contributed by atoms with Crippen LogP contribution in [0.2, 0.25) is 0 Å². The highest BCUT2D eigenvalue weighted by Crippen LogP contribution is 2.23. The summed E-state index contributed by atoms with van der Waals surface area (Å²) >= 11 is 0. The van der Waals surface area contributed by atoms with Crippen molar-refractivity contribution in [1.82, 2.24) is 15.0 Å². The number of hydrogen-bond donors (Lipinski definition) is 2. The van der Waals surface area contributed by atoms with Crippen LogP contribution in [0, 0.1) is 5.82 Å². The van der Waals surface area contributed by atoms with E-state index in [-0.39, 0.29) is 22.3 Å². The van der Waals surface area contributed by atoms with Crippen LogP contribution in [0.25, 0.3) is 0 Å². The Labute approximate surface area is 108 Å². The third-order valence-electron chi connectivity index (χ3n) is 2.22. The fraction of sp³-hybridized carbons (Fsp3) is 0.100. The molecule has 0 spiro atoms. The minimum Gasteiger partial charge on any atom is -0.381 e. The van der Waals surface area contributed by atoms with Crippen LogP contribution in [-0.2, 0) is 9.84 Å². The number of nitrogen functional groups attached to an aromatic ring is 1. The Bertz CT molecular complexity index is 720.